The zero-order chi connectivity index (χ0) is 10.9. The Hall–Kier alpha value is -0.710. The van der Waals surface area contributed by atoms with Crippen molar-refractivity contribution in [1.82, 2.24) is 0 Å². The SMILES string of the molecule is Cl.NC1(c2cc(F)ccc2F)CCOCC1. The van der Waals surface area contributed by atoms with Crippen molar-refractivity contribution >= 4 is 12.4 Å². The zero-order valence-electron chi connectivity index (χ0n) is 8.71. The first-order valence-electron chi connectivity index (χ1n) is 4.94. The second-order valence-corrected chi connectivity index (χ2v) is 3.89. The quantitative estimate of drug-likeness (QED) is 0.829. The largest absolute Gasteiger partial charge is 0.381 e. The van der Waals surface area contributed by atoms with Gasteiger partial charge in [-0.3, -0.25) is 0 Å². The lowest BCUT2D eigenvalue weighted by Gasteiger charge is -2.34. The number of ether oxygens (including phenoxy) is 1. The normalized spacial score (nSPS) is 18.9. The third-order valence-electron chi connectivity index (χ3n) is 2.85. The molecule has 1 saturated heterocycles. The highest BCUT2D eigenvalue weighted by molar-refractivity contribution is 5.85. The number of halogens is 3. The lowest BCUT2D eigenvalue weighted by molar-refractivity contribution is 0.0509. The molecule has 2 rings (SSSR count). The fourth-order valence-electron chi connectivity index (χ4n) is 1.88. The molecule has 1 aliphatic rings. The van der Waals surface area contributed by atoms with Gasteiger partial charge in [0.15, 0.2) is 0 Å². The Balaban J connectivity index is 0.00000128. The van der Waals surface area contributed by atoms with E-state index in [9.17, 15) is 8.78 Å². The third-order valence-corrected chi connectivity index (χ3v) is 2.85. The monoisotopic (exact) mass is 249 g/mol. The zero-order valence-corrected chi connectivity index (χ0v) is 9.53. The molecule has 1 fully saturated rings. The molecular weight excluding hydrogens is 236 g/mol. The van der Waals surface area contributed by atoms with Crippen LogP contribution in [0.15, 0.2) is 18.2 Å². The molecular formula is C11H14ClF2NO. The maximum atomic E-state index is 13.5. The van der Waals surface area contributed by atoms with Gasteiger partial charge in [-0.05, 0) is 31.0 Å². The van der Waals surface area contributed by atoms with Crippen LogP contribution in [0.2, 0.25) is 0 Å². The molecule has 0 aromatic heterocycles. The predicted octanol–water partition coefficient (Wildman–Crippen LogP) is 2.35. The lowest BCUT2D eigenvalue weighted by Crippen LogP contribution is -2.42. The molecule has 0 bridgehead atoms. The first kappa shape index (κ1) is 13.4. The standard InChI is InChI=1S/C11H13F2NO.ClH/c12-8-1-2-10(13)9(7-8)11(14)3-5-15-6-4-11;/h1-2,7H,3-6,14H2;1H. The summed E-state index contributed by atoms with van der Waals surface area (Å²) in [5.41, 5.74) is 5.53. The van der Waals surface area contributed by atoms with Gasteiger partial charge in [-0.1, -0.05) is 0 Å². The van der Waals surface area contributed by atoms with Crippen LogP contribution in [0.1, 0.15) is 18.4 Å². The van der Waals surface area contributed by atoms with Gasteiger partial charge in [-0.2, -0.15) is 0 Å². The summed E-state index contributed by atoms with van der Waals surface area (Å²) >= 11 is 0. The Kier molecular flexibility index (Phi) is 4.24. The van der Waals surface area contributed by atoms with E-state index in [1.165, 1.54) is 6.07 Å². The summed E-state index contributed by atoms with van der Waals surface area (Å²) in [5.74, 6) is -0.900. The van der Waals surface area contributed by atoms with Crippen LogP contribution in [0.5, 0.6) is 0 Å². The number of benzene rings is 1. The van der Waals surface area contributed by atoms with E-state index in [4.69, 9.17) is 10.5 Å². The van der Waals surface area contributed by atoms with Crippen molar-refractivity contribution in [3.63, 3.8) is 0 Å². The Morgan fingerprint density at radius 1 is 1.19 bits per heavy atom. The molecule has 0 radical (unpaired) electrons. The molecule has 0 saturated carbocycles. The van der Waals surface area contributed by atoms with Crippen molar-refractivity contribution in [2.75, 3.05) is 13.2 Å². The molecule has 1 aromatic rings. The van der Waals surface area contributed by atoms with Crippen molar-refractivity contribution in [3.05, 3.63) is 35.4 Å². The second-order valence-electron chi connectivity index (χ2n) is 3.89. The molecule has 1 aromatic carbocycles. The van der Waals surface area contributed by atoms with Crippen LogP contribution in [-0.4, -0.2) is 13.2 Å². The summed E-state index contributed by atoms with van der Waals surface area (Å²) in [4.78, 5) is 0. The topological polar surface area (TPSA) is 35.2 Å². The van der Waals surface area contributed by atoms with E-state index in [0.717, 1.165) is 12.1 Å². The molecule has 90 valence electrons. The highest BCUT2D eigenvalue weighted by Gasteiger charge is 2.32. The maximum Gasteiger partial charge on any atom is 0.128 e. The van der Waals surface area contributed by atoms with Crippen LogP contribution >= 0.6 is 12.4 Å². The minimum atomic E-state index is -0.787. The molecule has 1 aliphatic heterocycles. The van der Waals surface area contributed by atoms with Gasteiger partial charge >= 0.3 is 0 Å². The van der Waals surface area contributed by atoms with Gasteiger partial charge in [0, 0.05) is 24.3 Å². The van der Waals surface area contributed by atoms with E-state index >= 15 is 0 Å². The van der Waals surface area contributed by atoms with Gasteiger partial charge in [-0.25, -0.2) is 8.78 Å². The van der Waals surface area contributed by atoms with Crippen LogP contribution in [0.4, 0.5) is 8.78 Å². The first-order chi connectivity index (χ1) is 7.12. The van der Waals surface area contributed by atoms with Crippen LogP contribution in [0.25, 0.3) is 0 Å². The van der Waals surface area contributed by atoms with E-state index in [0.29, 0.717) is 26.1 Å². The summed E-state index contributed by atoms with van der Waals surface area (Å²) in [6.45, 7) is 0.985. The van der Waals surface area contributed by atoms with Gasteiger partial charge in [-0.15, -0.1) is 12.4 Å². The molecule has 16 heavy (non-hydrogen) atoms. The van der Waals surface area contributed by atoms with Crippen LogP contribution in [0, 0.1) is 11.6 Å². The van der Waals surface area contributed by atoms with Gasteiger partial charge in [0.25, 0.3) is 0 Å². The molecule has 2 nitrogen and oxygen atoms in total. The first-order valence-corrected chi connectivity index (χ1v) is 4.94. The van der Waals surface area contributed by atoms with Crippen molar-refractivity contribution in [1.29, 1.82) is 0 Å². The van der Waals surface area contributed by atoms with E-state index in [1.54, 1.807) is 0 Å². The summed E-state index contributed by atoms with van der Waals surface area (Å²) < 4.78 is 31.7. The summed E-state index contributed by atoms with van der Waals surface area (Å²) in [6, 6.07) is 3.40. The molecule has 1 heterocycles. The van der Waals surface area contributed by atoms with Crippen LogP contribution in [0.3, 0.4) is 0 Å². The molecule has 0 atom stereocenters. The van der Waals surface area contributed by atoms with Gasteiger partial charge in [0.2, 0.25) is 0 Å². The Labute approximate surface area is 99.2 Å². The Morgan fingerprint density at radius 3 is 2.44 bits per heavy atom. The average Bonchev–Trinajstić information content (AvgIpc) is 2.23. The fraction of sp³-hybridized carbons (Fsp3) is 0.455. The van der Waals surface area contributed by atoms with Gasteiger partial charge in [0.05, 0.1) is 0 Å². The summed E-state index contributed by atoms with van der Waals surface area (Å²) in [7, 11) is 0. The Bertz CT molecular complexity index is 367. The highest BCUT2D eigenvalue weighted by Crippen LogP contribution is 2.31. The smallest absolute Gasteiger partial charge is 0.128 e. The van der Waals surface area contributed by atoms with E-state index < -0.39 is 17.2 Å². The Morgan fingerprint density at radius 2 is 1.81 bits per heavy atom. The predicted molar refractivity (Wildman–Crippen MR) is 59.5 cm³/mol. The van der Waals surface area contributed by atoms with Crippen molar-refractivity contribution in [3.8, 4) is 0 Å². The molecule has 0 spiro atoms. The molecule has 0 unspecified atom stereocenters. The molecule has 2 N–H and O–H groups in total. The number of nitrogens with two attached hydrogens (primary N) is 1. The van der Waals surface area contributed by atoms with E-state index in [-0.39, 0.29) is 18.0 Å². The van der Waals surface area contributed by atoms with Gasteiger partial charge < -0.3 is 10.5 Å². The minimum absolute atomic E-state index is 0. The van der Waals surface area contributed by atoms with Crippen LogP contribution < -0.4 is 5.73 Å². The average molecular weight is 250 g/mol. The number of hydrogen-bond donors (Lipinski definition) is 1. The molecule has 0 aliphatic carbocycles. The molecule has 0 amide bonds. The lowest BCUT2D eigenvalue weighted by atomic mass is 9.83. The van der Waals surface area contributed by atoms with E-state index in [2.05, 4.69) is 0 Å². The third kappa shape index (κ3) is 2.51. The van der Waals surface area contributed by atoms with Gasteiger partial charge in [0.1, 0.15) is 11.6 Å². The van der Waals surface area contributed by atoms with Crippen LogP contribution in [-0.2, 0) is 10.3 Å². The van der Waals surface area contributed by atoms with Crippen molar-refractivity contribution < 1.29 is 13.5 Å². The number of hydrogen-bond acceptors (Lipinski definition) is 2. The fourth-order valence-corrected chi connectivity index (χ4v) is 1.88. The van der Waals surface area contributed by atoms with Crippen molar-refractivity contribution in [2.45, 2.75) is 18.4 Å². The molecule has 5 heteroatoms. The number of rotatable bonds is 1. The maximum absolute atomic E-state index is 13.5. The van der Waals surface area contributed by atoms with Crippen molar-refractivity contribution in [2.24, 2.45) is 5.73 Å². The summed E-state index contributed by atoms with van der Waals surface area (Å²) in [6.07, 6.45) is 1.04. The minimum Gasteiger partial charge on any atom is -0.381 e. The van der Waals surface area contributed by atoms with E-state index in [1.807, 2.05) is 0 Å². The summed E-state index contributed by atoms with van der Waals surface area (Å²) in [5, 5.41) is 0. The second kappa shape index (κ2) is 5.08. The highest BCUT2D eigenvalue weighted by atomic mass is 35.5.